The second kappa shape index (κ2) is 9.98. The molecule has 0 radical (unpaired) electrons. The van der Waals surface area contributed by atoms with Gasteiger partial charge in [-0.15, -0.1) is 0 Å². The summed E-state index contributed by atoms with van der Waals surface area (Å²) in [4.78, 5) is 24.1. The molecule has 3 rings (SSSR count). The number of morpholine rings is 1. The normalized spacial score (nSPS) is 15.0. The van der Waals surface area contributed by atoms with Crippen molar-refractivity contribution in [3.8, 4) is 5.75 Å². The molecule has 1 aliphatic heterocycles. The van der Waals surface area contributed by atoms with Crippen molar-refractivity contribution in [1.29, 1.82) is 0 Å². The van der Waals surface area contributed by atoms with Gasteiger partial charge in [0.15, 0.2) is 0 Å². The molecule has 0 unspecified atom stereocenters. The maximum absolute atomic E-state index is 12.9. The van der Waals surface area contributed by atoms with Crippen molar-refractivity contribution >= 4 is 33.7 Å². The van der Waals surface area contributed by atoms with Crippen molar-refractivity contribution < 1.29 is 36.6 Å². The van der Waals surface area contributed by atoms with Gasteiger partial charge in [0.1, 0.15) is 22.8 Å². The van der Waals surface area contributed by atoms with E-state index in [1.54, 1.807) is 6.92 Å². The van der Waals surface area contributed by atoms with E-state index < -0.39 is 21.9 Å². The molecule has 0 aliphatic carbocycles. The van der Waals surface area contributed by atoms with Crippen LogP contribution in [0.4, 0.5) is 5.69 Å². The zero-order chi connectivity index (χ0) is 23.3. The highest BCUT2D eigenvalue weighted by Crippen LogP contribution is 2.29. The minimum Gasteiger partial charge on any atom is -0.495 e. The maximum atomic E-state index is 12.9. The first-order valence-corrected chi connectivity index (χ1v) is 11.1. The summed E-state index contributed by atoms with van der Waals surface area (Å²) < 4.78 is 47.7. The van der Waals surface area contributed by atoms with Crippen molar-refractivity contribution in [3.05, 3.63) is 47.4 Å². The molecule has 0 bridgehead atoms. The minimum atomic E-state index is -3.74. The Balaban J connectivity index is 1.79. The first-order valence-electron chi connectivity index (χ1n) is 9.70. The van der Waals surface area contributed by atoms with Gasteiger partial charge in [0.25, 0.3) is 0 Å². The lowest BCUT2D eigenvalue weighted by atomic mass is 10.2. The summed E-state index contributed by atoms with van der Waals surface area (Å²) in [6.45, 7) is 2.78. The molecule has 1 N–H and O–H groups in total. The average Bonchev–Trinajstić information content (AvgIpc) is 3.18. The van der Waals surface area contributed by atoms with Crippen LogP contribution >= 0.6 is 0 Å². The Hall–Kier alpha value is -3.15. The third-order valence-electron chi connectivity index (χ3n) is 4.78. The highest BCUT2D eigenvalue weighted by molar-refractivity contribution is 7.89. The number of carbonyl (C=O) groups excluding carboxylic acids is 2. The Morgan fingerprint density at radius 1 is 1.16 bits per heavy atom. The zero-order valence-corrected chi connectivity index (χ0v) is 18.7. The van der Waals surface area contributed by atoms with Gasteiger partial charge in [-0.25, -0.2) is 13.2 Å². The molecule has 11 heteroatoms. The molecular formula is C21H24N2O8S. The second-order valence-electron chi connectivity index (χ2n) is 6.81. The van der Waals surface area contributed by atoms with Gasteiger partial charge in [0, 0.05) is 19.2 Å². The number of benzene rings is 1. The molecule has 1 aromatic heterocycles. The number of anilines is 1. The van der Waals surface area contributed by atoms with E-state index in [4.69, 9.17) is 13.9 Å². The largest absolute Gasteiger partial charge is 0.495 e. The van der Waals surface area contributed by atoms with Gasteiger partial charge in [-0.1, -0.05) is 0 Å². The molecule has 10 nitrogen and oxygen atoms in total. The molecule has 0 saturated carbocycles. The Labute approximate surface area is 185 Å². The number of furan rings is 1. The standard InChI is InChI=1S/C21H24N2O8S/c1-14-17(21(25)29-3)12-15(31-14)4-7-20(24)22-18-13-16(5-6-19(18)28-2)32(26,27)23-8-10-30-11-9-23/h4-7,12-13H,8-11H2,1-3H3,(H,22,24)/b7-4+. The summed E-state index contributed by atoms with van der Waals surface area (Å²) in [5, 5.41) is 2.61. The monoisotopic (exact) mass is 464 g/mol. The number of carbonyl (C=O) groups is 2. The minimum absolute atomic E-state index is 0.0314. The molecule has 172 valence electrons. The molecule has 2 aromatic rings. The smallest absolute Gasteiger partial charge is 0.341 e. The van der Waals surface area contributed by atoms with Crippen LogP contribution in [0.25, 0.3) is 6.08 Å². The lowest BCUT2D eigenvalue weighted by Crippen LogP contribution is -2.40. The van der Waals surface area contributed by atoms with Gasteiger partial charge in [-0.2, -0.15) is 4.31 Å². The molecule has 32 heavy (non-hydrogen) atoms. The first kappa shape index (κ1) is 23.5. The summed E-state index contributed by atoms with van der Waals surface area (Å²) in [6.07, 6.45) is 2.58. The van der Waals surface area contributed by atoms with Crippen LogP contribution in [0.1, 0.15) is 21.9 Å². The second-order valence-corrected chi connectivity index (χ2v) is 8.75. The van der Waals surface area contributed by atoms with E-state index in [9.17, 15) is 18.0 Å². The molecule has 1 aliphatic rings. The van der Waals surface area contributed by atoms with Gasteiger partial charge in [0.2, 0.25) is 15.9 Å². The first-order chi connectivity index (χ1) is 15.3. The number of sulfonamides is 1. The Bertz CT molecular complexity index is 1130. The molecular weight excluding hydrogens is 440 g/mol. The molecule has 2 heterocycles. The van der Waals surface area contributed by atoms with Crippen LogP contribution in [0.3, 0.4) is 0 Å². The van der Waals surface area contributed by atoms with Crippen LogP contribution in [-0.2, 0) is 24.3 Å². The average molecular weight is 464 g/mol. The number of nitrogens with one attached hydrogen (secondary N) is 1. The van der Waals surface area contributed by atoms with E-state index in [1.165, 1.54) is 54.9 Å². The summed E-state index contributed by atoms with van der Waals surface area (Å²) in [5.74, 6) is -0.140. The quantitative estimate of drug-likeness (QED) is 0.488. The van der Waals surface area contributed by atoms with Gasteiger partial charge < -0.3 is 23.9 Å². The molecule has 0 spiro atoms. The third kappa shape index (κ3) is 5.18. The lowest BCUT2D eigenvalue weighted by Gasteiger charge is -2.26. The van der Waals surface area contributed by atoms with Gasteiger partial charge in [-0.3, -0.25) is 4.79 Å². The summed E-state index contributed by atoms with van der Waals surface area (Å²) in [6, 6.07) is 5.71. The van der Waals surface area contributed by atoms with Crippen molar-refractivity contribution in [1.82, 2.24) is 4.31 Å². The third-order valence-corrected chi connectivity index (χ3v) is 6.67. The van der Waals surface area contributed by atoms with E-state index in [0.717, 1.165) is 0 Å². The number of rotatable bonds is 7. The van der Waals surface area contributed by atoms with Crippen molar-refractivity contribution in [2.45, 2.75) is 11.8 Å². The number of hydrogen-bond acceptors (Lipinski definition) is 8. The van der Waals surface area contributed by atoms with Crippen molar-refractivity contribution in [3.63, 3.8) is 0 Å². The van der Waals surface area contributed by atoms with Crippen LogP contribution in [0.15, 0.2) is 39.7 Å². The number of methoxy groups -OCH3 is 2. The summed E-state index contributed by atoms with van der Waals surface area (Å²) in [7, 11) is -1.07. The predicted molar refractivity (Wildman–Crippen MR) is 115 cm³/mol. The van der Waals surface area contributed by atoms with Crippen LogP contribution in [0.5, 0.6) is 5.75 Å². The van der Waals surface area contributed by atoms with Crippen LogP contribution in [0, 0.1) is 6.92 Å². The molecule has 1 amide bonds. The van der Waals surface area contributed by atoms with Crippen LogP contribution in [0.2, 0.25) is 0 Å². The topological polar surface area (TPSA) is 124 Å². The highest BCUT2D eigenvalue weighted by Gasteiger charge is 2.27. The molecule has 1 saturated heterocycles. The maximum Gasteiger partial charge on any atom is 0.341 e. The fraction of sp³-hybridized carbons (Fsp3) is 0.333. The molecule has 1 fully saturated rings. The Morgan fingerprint density at radius 3 is 2.53 bits per heavy atom. The van der Waals surface area contributed by atoms with Crippen LogP contribution < -0.4 is 10.1 Å². The fourth-order valence-corrected chi connectivity index (χ4v) is 4.55. The number of ether oxygens (including phenoxy) is 3. The zero-order valence-electron chi connectivity index (χ0n) is 17.9. The Morgan fingerprint density at radius 2 is 1.88 bits per heavy atom. The van der Waals surface area contributed by atoms with Gasteiger partial charge >= 0.3 is 5.97 Å². The van der Waals surface area contributed by atoms with Crippen LogP contribution in [-0.4, -0.2) is 65.1 Å². The van der Waals surface area contributed by atoms with Gasteiger partial charge in [-0.05, 0) is 37.3 Å². The number of hydrogen-bond donors (Lipinski definition) is 1. The predicted octanol–water partition coefficient (Wildman–Crippen LogP) is 2.06. The van der Waals surface area contributed by atoms with E-state index in [2.05, 4.69) is 10.1 Å². The van der Waals surface area contributed by atoms with E-state index in [1.807, 2.05) is 0 Å². The van der Waals surface area contributed by atoms with Gasteiger partial charge in [0.05, 0.1) is 38.0 Å². The van der Waals surface area contributed by atoms with E-state index in [0.29, 0.717) is 24.7 Å². The summed E-state index contributed by atoms with van der Waals surface area (Å²) in [5.41, 5.74) is 0.456. The van der Waals surface area contributed by atoms with Crippen molar-refractivity contribution in [2.24, 2.45) is 0 Å². The molecule has 0 atom stereocenters. The van der Waals surface area contributed by atoms with Crippen molar-refractivity contribution in [2.75, 3.05) is 45.8 Å². The number of nitrogens with zero attached hydrogens (tertiary/aromatic N) is 1. The SMILES string of the molecule is COC(=O)c1cc(/C=C/C(=O)Nc2cc(S(=O)(=O)N3CCOCC3)ccc2OC)oc1C. The van der Waals surface area contributed by atoms with E-state index >= 15 is 0 Å². The lowest BCUT2D eigenvalue weighted by molar-refractivity contribution is -0.111. The molecule has 1 aromatic carbocycles. The highest BCUT2D eigenvalue weighted by atomic mass is 32.2. The number of amides is 1. The summed E-state index contributed by atoms with van der Waals surface area (Å²) >= 11 is 0. The van der Waals surface area contributed by atoms with E-state index in [-0.39, 0.29) is 35.0 Å². The Kier molecular flexibility index (Phi) is 7.33. The number of esters is 1. The number of aryl methyl sites for hydroxylation is 1. The fourth-order valence-electron chi connectivity index (χ4n) is 3.11.